The number of aromatic nitrogens is 2. The molecule has 25 heavy (non-hydrogen) atoms. The van der Waals surface area contributed by atoms with Gasteiger partial charge < -0.3 is 0 Å². The minimum Gasteiger partial charge on any atom is -0.298 e. The Kier molecular flexibility index (Phi) is 5.16. The van der Waals surface area contributed by atoms with Gasteiger partial charge in [0.05, 0.1) is 5.39 Å². The second-order valence-electron chi connectivity index (χ2n) is 5.78. The summed E-state index contributed by atoms with van der Waals surface area (Å²) in [5.41, 5.74) is 1.19. The first kappa shape index (κ1) is 17.6. The molecule has 3 aromatic rings. The minimum absolute atomic E-state index is 0.174. The first-order valence-corrected chi connectivity index (χ1v) is 8.60. The molecule has 6 heteroatoms. The van der Waals surface area contributed by atoms with E-state index in [9.17, 15) is 9.18 Å². The smallest absolute Gasteiger partial charge is 0.266 e. The summed E-state index contributed by atoms with van der Waals surface area (Å²) in [5.74, 6) is -0.345. The number of pyridine rings is 2. The second-order valence-corrected chi connectivity index (χ2v) is 6.14. The van der Waals surface area contributed by atoms with Gasteiger partial charge in [0.15, 0.2) is 0 Å². The van der Waals surface area contributed by atoms with E-state index < -0.39 is 0 Å². The Morgan fingerprint density at radius 1 is 1.16 bits per heavy atom. The van der Waals surface area contributed by atoms with Crippen LogP contribution in [0.25, 0.3) is 16.5 Å². The Morgan fingerprint density at radius 2 is 1.84 bits per heavy atom. The molecule has 0 spiro atoms. The van der Waals surface area contributed by atoms with Crippen molar-refractivity contribution >= 4 is 22.4 Å². The monoisotopic (exact) mass is 359 g/mol. The number of benzene rings is 1. The van der Waals surface area contributed by atoms with E-state index in [4.69, 9.17) is 11.6 Å². The predicted octanol–water partition coefficient (Wildman–Crippen LogP) is 4.02. The van der Waals surface area contributed by atoms with Gasteiger partial charge in [-0.25, -0.2) is 9.37 Å². The highest BCUT2D eigenvalue weighted by Gasteiger charge is 2.15. The summed E-state index contributed by atoms with van der Waals surface area (Å²) in [6, 6.07) is 9.61. The van der Waals surface area contributed by atoms with Crippen LogP contribution < -0.4 is 5.56 Å². The average Bonchev–Trinajstić information content (AvgIpc) is 2.61. The first-order valence-electron chi connectivity index (χ1n) is 8.22. The SMILES string of the molecule is CCN(CC)Cc1cc2ccnc(Cl)c2c(=O)n1-c1ccc(F)cc1. The zero-order valence-corrected chi connectivity index (χ0v) is 14.9. The quantitative estimate of drug-likeness (QED) is 0.646. The zero-order valence-electron chi connectivity index (χ0n) is 14.2. The predicted molar refractivity (Wildman–Crippen MR) is 98.9 cm³/mol. The Bertz CT molecular complexity index is 949. The molecule has 0 bridgehead atoms. The molecule has 2 aromatic heterocycles. The molecule has 0 unspecified atom stereocenters. The van der Waals surface area contributed by atoms with E-state index >= 15 is 0 Å². The fourth-order valence-corrected chi connectivity index (χ4v) is 3.18. The maximum absolute atomic E-state index is 13.3. The highest BCUT2D eigenvalue weighted by Crippen LogP contribution is 2.21. The first-order chi connectivity index (χ1) is 12.0. The highest BCUT2D eigenvalue weighted by atomic mass is 35.5. The van der Waals surface area contributed by atoms with Crippen LogP contribution in [-0.2, 0) is 6.54 Å². The maximum atomic E-state index is 13.3. The number of hydrogen-bond donors (Lipinski definition) is 0. The molecular formula is C19H19ClFN3O. The zero-order chi connectivity index (χ0) is 18.0. The molecule has 3 rings (SSSR count). The van der Waals surface area contributed by atoms with Crippen molar-refractivity contribution in [3.05, 3.63) is 69.6 Å². The maximum Gasteiger partial charge on any atom is 0.266 e. The van der Waals surface area contributed by atoms with Gasteiger partial charge in [0.25, 0.3) is 5.56 Å². The third-order valence-corrected chi connectivity index (χ3v) is 4.61. The van der Waals surface area contributed by atoms with Gasteiger partial charge in [-0.3, -0.25) is 14.3 Å². The van der Waals surface area contributed by atoms with Crippen molar-refractivity contribution in [3.63, 3.8) is 0 Å². The van der Waals surface area contributed by atoms with Crippen molar-refractivity contribution < 1.29 is 4.39 Å². The van der Waals surface area contributed by atoms with E-state index in [1.165, 1.54) is 12.1 Å². The van der Waals surface area contributed by atoms with Crippen LogP contribution in [0.2, 0.25) is 5.15 Å². The molecule has 0 aliphatic carbocycles. The van der Waals surface area contributed by atoms with Gasteiger partial charge in [-0.2, -0.15) is 0 Å². The van der Waals surface area contributed by atoms with Crippen LogP contribution in [0.15, 0.2) is 47.4 Å². The van der Waals surface area contributed by atoms with E-state index in [0.29, 0.717) is 17.6 Å². The molecule has 0 atom stereocenters. The third kappa shape index (κ3) is 3.43. The molecule has 2 heterocycles. The van der Waals surface area contributed by atoms with E-state index in [0.717, 1.165) is 24.2 Å². The van der Waals surface area contributed by atoms with Crippen LogP contribution in [0.1, 0.15) is 19.5 Å². The molecule has 0 amide bonds. The van der Waals surface area contributed by atoms with Gasteiger partial charge >= 0.3 is 0 Å². The Balaban J connectivity index is 2.30. The van der Waals surface area contributed by atoms with Crippen molar-refractivity contribution in [1.29, 1.82) is 0 Å². The van der Waals surface area contributed by atoms with E-state index in [1.54, 1.807) is 29.0 Å². The minimum atomic E-state index is -0.345. The third-order valence-electron chi connectivity index (χ3n) is 4.33. The molecule has 0 radical (unpaired) electrons. The molecular weight excluding hydrogens is 341 g/mol. The van der Waals surface area contributed by atoms with Crippen molar-refractivity contribution in [2.45, 2.75) is 20.4 Å². The Hall–Kier alpha value is -2.24. The molecule has 0 saturated heterocycles. The summed E-state index contributed by atoms with van der Waals surface area (Å²) in [7, 11) is 0. The molecule has 0 aliphatic heterocycles. The van der Waals surface area contributed by atoms with Crippen LogP contribution in [-0.4, -0.2) is 27.5 Å². The van der Waals surface area contributed by atoms with Crippen LogP contribution in [0, 0.1) is 5.82 Å². The lowest BCUT2D eigenvalue weighted by molar-refractivity contribution is 0.290. The van der Waals surface area contributed by atoms with Gasteiger partial charge in [-0.1, -0.05) is 25.4 Å². The summed E-state index contributed by atoms with van der Waals surface area (Å²) in [6.07, 6.45) is 1.59. The molecule has 1 aromatic carbocycles. The Morgan fingerprint density at radius 3 is 2.48 bits per heavy atom. The molecule has 0 aliphatic rings. The van der Waals surface area contributed by atoms with Gasteiger partial charge in [-0.15, -0.1) is 0 Å². The molecule has 4 nitrogen and oxygen atoms in total. The van der Waals surface area contributed by atoms with Gasteiger partial charge in [0.1, 0.15) is 11.0 Å². The second kappa shape index (κ2) is 7.33. The molecule has 0 saturated carbocycles. The lowest BCUT2D eigenvalue weighted by Gasteiger charge is -2.22. The van der Waals surface area contributed by atoms with E-state index in [1.807, 2.05) is 6.07 Å². The molecule has 0 fully saturated rings. The van der Waals surface area contributed by atoms with Crippen LogP contribution in [0.3, 0.4) is 0 Å². The number of halogens is 2. The average molecular weight is 360 g/mol. The van der Waals surface area contributed by atoms with Crippen LogP contribution in [0.4, 0.5) is 4.39 Å². The largest absolute Gasteiger partial charge is 0.298 e. The fraction of sp³-hybridized carbons (Fsp3) is 0.263. The lowest BCUT2D eigenvalue weighted by atomic mass is 10.1. The molecule has 130 valence electrons. The van der Waals surface area contributed by atoms with Crippen LogP contribution >= 0.6 is 11.6 Å². The Labute approximate surface area is 150 Å². The fourth-order valence-electron chi connectivity index (χ4n) is 2.93. The summed E-state index contributed by atoms with van der Waals surface area (Å²) in [4.78, 5) is 19.4. The number of nitrogens with zero attached hydrogens (tertiary/aromatic N) is 3. The lowest BCUT2D eigenvalue weighted by Crippen LogP contribution is -2.29. The van der Waals surface area contributed by atoms with E-state index in [-0.39, 0.29) is 16.5 Å². The number of rotatable bonds is 5. The van der Waals surface area contributed by atoms with Crippen molar-refractivity contribution in [1.82, 2.24) is 14.5 Å². The number of hydrogen-bond acceptors (Lipinski definition) is 3. The highest BCUT2D eigenvalue weighted by molar-refractivity contribution is 6.34. The van der Waals surface area contributed by atoms with Gasteiger partial charge in [0, 0.05) is 24.1 Å². The van der Waals surface area contributed by atoms with Crippen LogP contribution in [0.5, 0.6) is 0 Å². The van der Waals surface area contributed by atoms with E-state index in [2.05, 4.69) is 23.7 Å². The summed E-state index contributed by atoms with van der Waals surface area (Å²) in [6.45, 7) is 6.49. The normalized spacial score (nSPS) is 11.4. The van der Waals surface area contributed by atoms with Crippen molar-refractivity contribution in [2.75, 3.05) is 13.1 Å². The number of fused-ring (bicyclic) bond motifs is 1. The summed E-state index contributed by atoms with van der Waals surface area (Å²) >= 11 is 6.16. The summed E-state index contributed by atoms with van der Waals surface area (Å²) in [5, 5.41) is 1.30. The van der Waals surface area contributed by atoms with Crippen molar-refractivity contribution in [2.24, 2.45) is 0 Å². The topological polar surface area (TPSA) is 38.1 Å². The van der Waals surface area contributed by atoms with Gasteiger partial charge in [-0.05, 0) is 54.9 Å². The molecule has 0 N–H and O–H groups in total. The van der Waals surface area contributed by atoms with Crippen molar-refractivity contribution in [3.8, 4) is 5.69 Å². The summed E-state index contributed by atoms with van der Waals surface area (Å²) < 4.78 is 14.9. The van der Waals surface area contributed by atoms with Gasteiger partial charge in [0.2, 0.25) is 0 Å². The standard InChI is InChI=1S/C19H19ClFN3O/c1-3-23(4-2)12-16-11-13-9-10-22-18(20)17(13)19(25)24(16)15-7-5-14(21)6-8-15/h5-11H,3-4,12H2,1-2H3.